The lowest BCUT2D eigenvalue weighted by atomic mass is 9.82. The van der Waals surface area contributed by atoms with E-state index >= 15 is 0 Å². The van der Waals surface area contributed by atoms with Crippen LogP contribution in [0, 0.1) is 0 Å². The summed E-state index contributed by atoms with van der Waals surface area (Å²) in [5, 5.41) is 0. The fraction of sp³-hybridized carbons (Fsp3) is 0.111. The van der Waals surface area contributed by atoms with E-state index < -0.39 is 0 Å². The first-order valence-corrected chi connectivity index (χ1v) is 29.8. The van der Waals surface area contributed by atoms with E-state index in [9.17, 15) is 0 Å². The van der Waals surface area contributed by atoms with Crippen LogP contribution in [0.4, 0.5) is 68.2 Å². The number of para-hydroxylation sites is 5. The smallest absolute Gasteiger partial charge is 0.0968 e. The normalized spacial score (nSPS) is 14.0. The molecule has 4 nitrogen and oxygen atoms in total. The van der Waals surface area contributed by atoms with Crippen LogP contribution in [0.3, 0.4) is 0 Å². The van der Waals surface area contributed by atoms with E-state index in [0.717, 1.165) is 68.2 Å². The summed E-state index contributed by atoms with van der Waals surface area (Å²) in [5.41, 5.74) is 27.1. The molecule has 4 heteroatoms. The SMILES string of the molecule is CC1(C)c2ccccc2-c2ccc(N(c3ccccc3)c3ccc(N(c4ccccc4)c4ccccc4)c(N(c4ccccc4)c4ccc5c(c4)C(C)(C)c4ccccc4-5)c3N(c3ccccc3)c3ccc4c(c3)C(C)(C)c3ccccc3-4)cc21. The Labute approximate surface area is 500 Å². The van der Waals surface area contributed by atoms with Crippen LogP contribution in [0.15, 0.2) is 291 Å². The van der Waals surface area contributed by atoms with Gasteiger partial charge in [-0.2, -0.15) is 0 Å². The highest BCUT2D eigenvalue weighted by molar-refractivity contribution is 6.08. The summed E-state index contributed by atoms with van der Waals surface area (Å²) in [7, 11) is 0. The first-order chi connectivity index (χ1) is 41.5. The van der Waals surface area contributed by atoms with Gasteiger partial charge in [0.05, 0.1) is 22.7 Å². The Balaban J connectivity index is 1.12. The summed E-state index contributed by atoms with van der Waals surface area (Å²) in [6.45, 7) is 14.3. The van der Waals surface area contributed by atoms with Gasteiger partial charge in [0.2, 0.25) is 0 Å². The highest BCUT2D eigenvalue weighted by Crippen LogP contribution is 2.61. The lowest BCUT2D eigenvalue weighted by Crippen LogP contribution is -2.24. The predicted octanol–water partition coefficient (Wildman–Crippen LogP) is 22.5. The van der Waals surface area contributed by atoms with Crippen LogP contribution in [0.1, 0.15) is 74.9 Å². The van der Waals surface area contributed by atoms with E-state index in [4.69, 9.17) is 0 Å². The lowest BCUT2D eigenvalue weighted by Gasteiger charge is -2.41. The maximum atomic E-state index is 2.56. The zero-order valence-electron chi connectivity index (χ0n) is 49.0. The quantitative estimate of drug-likeness (QED) is 0.121. The molecule has 12 aromatic carbocycles. The summed E-state index contributed by atoms with van der Waals surface area (Å²) in [6.07, 6.45) is 0. The van der Waals surface area contributed by atoms with Crippen molar-refractivity contribution in [2.24, 2.45) is 0 Å². The molecule has 0 radical (unpaired) electrons. The van der Waals surface area contributed by atoms with Gasteiger partial charge in [-0.25, -0.2) is 0 Å². The first kappa shape index (κ1) is 51.7. The van der Waals surface area contributed by atoms with Gasteiger partial charge in [-0.15, -0.1) is 0 Å². The Kier molecular flexibility index (Phi) is 12.2. The lowest BCUT2D eigenvalue weighted by molar-refractivity contribution is 0.660. The number of nitrogens with zero attached hydrogens (tertiary/aromatic N) is 4. The first-order valence-electron chi connectivity index (χ1n) is 29.8. The molecule has 0 bridgehead atoms. The van der Waals surface area contributed by atoms with Gasteiger partial charge in [0.25, 0.3) is 0 Å². The van der Waals surface area contributed by atoms with E-state index in [-0.39, 0.29) is 16.2 Å². The summed E-state index contributed by atoms with van der Waals surface area (Å²) < 4.78 is 0. The van der Waals surface area contributed by atoms with Crippen LogP contribution in [0.25, 0.3) is 33.4 Å². The van der Waals surface area contributed by atoms with Crippen LogP contribution in [0.2, 0.25) is 0 Å². The Morgan fingerprint density at radius 1 is 0.188 bits per heavy atom. The highest BCUT2D eigenvalue weighted by atomic mass is 15.3. The standard InChI is InChI=1S/C81H66N4/c1-79(2)69-41-25-22-38-63(69)66-47-44-60(52-72(66)79)83(57-32-16-9-17-33-57)76-51-50-75(82(55-28-12-7-13-29-55)56-30-14-8-15-31-56)77(84(58-34-18-10-19-35-58)61-45-48-67-64-39-23-26-42-70(64)80(3,4)73(67)53-61)78(76)85(59-36-20-11-21-37-59)62-46-49-68-65-40-24-27-43-71(65)81(5,6)74(68)54-62/h7-54H,1-6H3. The number of benzene rings is 12. The van der Waals surface area contributed by atoms with Crippen LogP contribution < -0.4 is 19.6 Å². The number of fused-ring (bicyclic) bond motifs is 9. The minimum Gasteiger partial charge on any atom is -0.308 e. The van der Waals surface area contributed by atoms with Crippen molar-refractivity contribution in [1.82, 2.24) is 0 Å². The van der Waals surface area contributed by atoms with Crippen molar-refractivity contribution >= 4 is 68.2 Å². The molecule has 0 spiro atoms. The van der Waals surface area contributed by atoms with E-state index in [0.29, 0.717) is 0 Å². The molecular formula is C81H66N4. The molecule has 0 amide bonds. The van der Waals surface area contributed by atoms with E-state index in [1.54, 1.807) is 0 Å². The Morgan fingerprint density at radius 3 is 0.706 bits per heavy atom. The molecule has 0 aliphatic heterocycles. The molecule has 0 aromatic heterocycles. The third kappa shape index (κ3) is 8.26. The second kappa shape index (κ2) is 20.0. The number of rotatable bonds is 12. The number of hydrogen-bond acceptors (Lipinski definition) is 4. The average molecular weight is 1100 g/mol. The summed E-state index contributed by atoms with van der Waals surface area (Å²) in [4.78, 5) is 10.1. The Morgan fingerprint density at radius 2 is 0.412 bits per heavy atom. The summed E-state index contributed by atoms with van der Waals surface area (Å²) >= 11 is 0. The maximum absolute atomic E-state index is 2.56. The van der Waals surface area contributed by atoms with Gasteiger partial charge in [-0.05, 0) is 176 Å². The van der Waals surface area contributed by atoms with Crippen molar-refractivity contribution in [3.8, 4) is 33.4 Å². The second-order valence-electron chi connectivity index (χ2n) is 24.5. The van der Waals surface area contributed by atoms with Gasteiger partial charge in [0.15, 0.2) is 0 Å². The van der Waals surface area contributed by atoms with Gasteiger partial charge in [-0.1, -0.05) is 224 Å². The fourth-order valence-electron chi connectivity index (χ4n) is 14.4. The molecule has 3 aliphatic carbocycles. The van der Waals surface area contributed by atoms with Crippen molar-refractivity contribution in [1.29, 1.82) is 0 Å². The van der Waals surface area contributed by atoms with Gasteiger partial charge >= 0.3 is 0 Å². The summed E-state index contributed by atoms with van der Waals surface area (Å²) in [6, 6.07) is 108. The molecule has 3 aliphatic rings. The molecule has 0 saturated heterocycles. The van der Waals surface area contributed by atoms with E-state index in [1.807, 2.05) is 0 Å². The Hall–Kier alpha value is -10.2. The predicted molar refractivity (Wildman–Crippen MR) is 358 cm³/mol. The van der Waals surface area contributed by atoms with Gasteiger partial charge in [0.1, 0.15) is 0 Å². The van der Waals surface area contributed by atoms with Crippen molar-refractivity contribution < 1.29 is 0 Å². The monoisotopic (exact) mass is 1090 g/mol. The zero-order chi connectivity index (χ0) is 57.6. The third-order valence-electron chi connectivity index (χ3n) is 18.6. The topological polar surface area (TPSA) is 13.0 Å². The van der Waals surface area contributed by atoms with Crippen LogP contribution in [-0.4, -0.2) is 0 Å². The molecule has 15 rings (SSSR count). The highest BCUT2D eigenvalue weighted by Gasteiger charge is 2.41. The minimum absolute atomic E-state index is 0.246. The molecule has 0 N–H and O–H groups in total. The fourth-order valence-corrected chi connectivity index (χ4v) is 14.4. The van der Waals surface area contributed by atoms with Crippen molar-refractivity contribution in [3.05, 3.63) is 325 Å². The Bertz CT molecular complexity index is 4470. The molecule has 0 fully saturated rings. The van der Waals surface area contributed by atoms with Crippen molar-refractivity contribution in [2.75, 3.05) is 19.6 Å². The van der Waals surface area contributed by atoms with Crippen LogP contribution in [-0.2, 0) is 16.2 Å². The maximum Gasteiger partial charge on any atom is 0.0968 e. The molecule has 410 valence electrons. The number of hydrogen-bond donors (Lipinski definition) is 0. The third-order valence-corrected chi connectivity index (χ3v) is 18.6. The molecule has 0 unspecified atom stereocenters. The second-order valence-corrected chi connectivity index (χ2v) is 24.5. The molecular weight excluding hydrogens is 1030 g/mol. The van der Waals surface area contributed by atoms with Crippen LogP contribution in [0.5, 0.6) is 0 Å². The zero-order valence-corrected chi connectivity index (χ0v) is 49.0. The van der Waals surface area contributed by atoms with Crippen molar-refractivity contribution in [3.63, 3.8) is 0 Å². The van der Waals surface area contributed by atoms with Crippen molar-refractivity contribution in [2.45, 2.75) is 57.8 Å². The van der Waals surface area contributed by atoms with Gasteiger partial charge < -0.3 is 19.6 Å². The molecule has 0 saturated carbocycles. The minimum atomic E-state index is -0.273. The molecule has 12 aromatic rings. The van der Waals surface area contributed by atoms with Gasteiger partial charge in [0, 0.05) is 61.7 Å². The van der Waals surface area contributed by atoms with Gasteiger partial charge in [-0.3, -0.25) is 0 Å². The molecule has 0 atom stereocenters. The number of anilines is 12. The van der Waals surface area contributed by atoms with E-state index in [1.165, 1.54) is 66.8 Å². The molecule has 85 heavy (non-hydrogen) atoms. The largest absolute Gasteiger partial charge is 0.308 e. The average Bonchev–Trinajstić information content (AvgIpc) is 1.85. The summed E-state index contributed by atoms with van der Waals surface area (Å²) in [5.74, 6) is 0. The van der Waals surface area contributed by atoms with E-state index in [2.05, 4.69) is 352 Å². The molecule has 0 heterocycles. The van der Waals surface area contributed by atoms with Crippen LogP contribution >= 0.6 is 0 Å².